The van der Waals surface area contributed by atoms with Crippen molar-refractivity contribution in [3.05, 3.63) is 53.8 Å². The van der Waals surface area contributed by atoms with Crippen LogP contribution in [-0.4, -0.2) is 84.9 Å². The summed E-state index contributed by atoms with van der Waals surface area (Å²) in [5, 5.41) is 15.6. The Morgan fingerprint density at radius 2 is 1.85 bits per heavy atom. The molecule has 1 saturated heterocycles. The number of para-hydroxylation sites is 1. The molecule has 2 aliphatic rings. The molecule has 4 rings (SSSR count). The van der Waals surface area contributed by atoms with Crippen molar-refractivity contribution in [2.45, 2.75) is 38.8 Å². The van der Waals surface area contributed by atoms with Crippen LogP contribution in [0.1, 0.15) is 37.0 Å². The maximum atomic E-state index is 13.6. The van der Waals surface area contributed by atoms with Gasteiger partial charge in [0.1, 0.15) is 11.9 Å². The molecule has 2 aliphatic heterocycles. The van der Waals surface area contributed by atoms with Crippen molar-refractivity contribution < 1.29 is 33.4 Å². The highest BCUT2D eigenvalue weighted by molar-refractivity contribution is 6.02. The number of hydrogen-bond donors (Lipinski definition) is 3. The van der Waals surface area contributed by atoms with Gasteiger partial charge in [-0.1, -0.05) is 13.0 Å². The molecule has 10 nitrogen and oxygen atoms in total. The predicted octanol–water partition coefficient (Wildman–Crippen LogP) is 3.57. The van der Waals surface area contributed by atoms with Crippen LogP contribution in [0.4, 0.5) is 20.6 Å². The molecule has 11 heteroatoms. The van der Waals surface area contributed by atoms with E-state index in [1.54, 1.807) is 37.1 Å². The van der Waals surface area contributed by atoms with E-state index >= 15 is 0 Å². The van der Waals surface area contributed by atoms with E-state index in [1.807, 2.05) is 6.92 Å². The fourth-order valence-electron chi connectivity index (χ4n) is 4.86. The zero-order valence-electron chi connectivity index (χ0n) is 23.1. The van der Waals surface area contributed by atoms with E-state index in [0.717, 1.165) is 0 Å². The van der Waals surface area contributed by atoms with Crippen LogP contribution in [0, 0.1) is 17.7 Å². The molecule has 0 bridgehead atoms. The Labute approximate surface area is 233 Å². The molecule has 0 unspecified atom stereocenters. The number of benzene rings is 2. The van der Waals surface area contributed by atoms with Gasteiger partial charge < -0.3 is 35.0 Å². The molecule has 0 spiro atoms. The molecule has 2 aromatic rings. The van der Waals surface area contributed by atoms with E-state index < -0.39 is 24.0 Å². The van der Waals surface area contributed by atoms with E-state index in [0.29, 0.717) is 37.4 Å². The van der Waals surface area contributed by atoms with Crippen LogP contribution in [0.15, 0.2) is 42.5 Å². The van der Waals surface area contributed by atoms with E-state index in [9.17, 15) is 23.9 Å². The van der Waals surface area contributed by atoms with Gasteiger partial charge in [0.05, 0.1) is 30.4 Å². The zero-order chi connectivity index (χ0) is 28.8. The van der Waals surface area contributed by atoms with Gasteiger partial charge in [-0.2, -0.15) is 0 Å². The van der Waals surface area contributed by atoms with Gasteiger partial charge in [0.15, 0.2) is 5.75 Å². The molecule has 40 heavy (non-hydrogen) atoms. The fraction of sp³-hybridized carbons (Fsp3) is 0.483. The molecular formula is C29H37FN4O6. The molecule has 1 fully saturated rings. The number of carbonyl (C=O) groups excluding carboxylic acids is 3. The summed E-state index contributed by atoms with van der Waals surface area (Å²) in [5.41, 5.74) is 1.08. The zero-order valence-corrected chi connectivity index (χ0v) is 23.1. The number of carbonyl (C=O) groups is 3. The van der Waals surface area contributed by atoms with Crippen LogP contribution >= 0.6 is 0 Å². The molecule has 216 valence electrons. The molecular weight excluding hydrogens is 519 g/mol. The van der Waals surface area contributed by atoms with Crippen molar-refractivity contribution in [2.75, 3.05) is 50.6 Å². The standard InChI is InChI=1S/C29H37FN4O6/c1-18-15-34(19(2)17-35)28(37)23-5-4-6-24(32-27(36)20-11-13-39-14-12-20)26(23)40-25(18)16-33(3)29(38)31-22-9-7-21(30)8-10-22/h4-10,18-20,25,35H,11-17H2,1-3H3,(H,31,38)(H,32,36)/t18-,19-,25+/m0/s1. The lowest BCUT2D eigenvalue weighted by Crippen LogP contribution is -2.50. The van der Waals surface area contributed by atoms with Gasteiger partial charge in [0, 0.05) is 44.3 Å². The molecule has 0 saturated carbocycles. The van der Waals surface area contributed by atoms with Crippen LogP contribution in [0.25, 0.3) is 0 Å². The van der Waals surface area contributed by atoms with Crippen LogP contribution in [-0.2, 0) is 9.53 Å². The smallest absolute Gasteiger partial charge is 0.321 e. The number of rotatable bonds is 7. The van der Waals surface area contributed by atoms with Gasteiger partial charge in [0.25, 0.3) is 5.91 Å². The van der Waals surface area contributed by atoms with Gasteiger partial charge in [-0.25, -0.2) is 9.18 Å². The summed E-state index contributed by atoms with van der Waals surface area (Å²) in [6.07, 6.45) is 0.650. The van der Waals surface area contributed by atoms with E-state index in [4.69, 9.17) is 9.47 Å². The quantitative estimate of drug-likeness (QED) is 0.480. The van der Waals surface area contributed by atoms with Gasteiger partial charge in [-0.15, -0.1) is 0 Å². The Hall–Kier alpha value is -3.70. The third kappa shape index (κ3) is 6.89. The lowest BCUT2D eigenvalue weighted by Gasteiger charge is -2.38. The number of aliphatic hydroxyl groups excluding tert-OH is 1. The number of nitrogens with zero attached hydrogens (tertiary/aromatic N) is 2. The summed E-state index contributed by atoms with van der Waals surface area (Å²) >= 11 is 0. The van der Waals surface area contributed by atoms with Crippen LogP contribution in [0.2, 0.25) is 0 Å². The Kier molecular flexibility index (Phi) is 9.59. The van der Waals surface area contributed by atoms with Crippen molar-refractivity contribution in [3.8, 4) is 5.75 Å². The molecule has 3 N–H and O–H groups in total. The Morgan fingerprint density at radius 3 is 2.52 bits per heavy atom. The normalized spacial score (nSPS) is 20.4. The SMILES string of the molecule is C[C@H]1CN([C@@H](C)CO)C(=O)c2cccc(NC(=O)C3CCOCC3)c2O[C@@H]1CN(C)C(=O)Nc1ccc(F)cc1. The molecule has 4 amide bonds. The average Bonchev–Trinajstić information content (AvgIpc) is 2.96. The minimum atomic E-state index is -0.564. The number of hydrogen-bond acceptors (Lipinski definition) is 6. The number of likely N-dealkylation sites (N-methyl/N-ethyl adjacent to an activating group) is 1. The maximum Gasteiger partial charge on any atom is 0.321 e. The number of ether oxygens (including phenoxy) is 2. The summed E-state index contributed by atoms with van der Waals surface area (Å²) in [6, 6.07) is 9.61. The number of fused-ring (bicyclic) bond motifs is 1. The van der Waals surface area contributed by atoms with Crippen LogP contribution < -0.4 is 15.4 Å². The second kappa shape index (κ2) is 13.1. The van der Waals surface area contributed by atoms with Crippen LogP contribution in [0.3, 0.4) is 0 Å². The highest BCUT2D eigenvalue weighted by atomic mass is 19.1. The minimum absolute atomic E-state index is 0.158. The number of amides is 4. The van der Waals surface area contributed by atoms with Gasteiger partial charge in [-0.3, -0.25) is 9.59 Å². The first-order valence-electron chi connectivity index (χ1n) is 13.6. The summed E-state index contributed by atoms with van der Waals surface area (Å²) < 4.78 is 25.1. The number of nitrogens with one attached hydrogen (secondary N) is 2. The van der Waals surface area contributed by atoms with E-state index in [1.165, 1.54) is 29.2 Å². The Bertz CT molecular complexity index is 1200. The fourth-order valence-corrected chi connectivity index (χ4v) is 4.86. The minimum Gasteiger partial charge on any atom is -0.485 e. The summed E-state index contributed by atoms with van der Waals surface area (Å²) in [6.45, 7) is 4.93. The molecule has 0 aromatic heterocycles. The van der Waals surface area contributed by atoms with E-state index in [2.05, 4.69) is 10.6 Å². The third-order valence-electron chi connectivity index (χ3n) is 7.44. The molecule has 0 aliphatic carbocycles. The van der Waals surface area contributed by atoms with Crippen molar-refractivity contribution in [1.82, 2.24) is 9.80 Å². The third-order valence-corrected chi connectivity index (χ3v) is 7.44. The highest BCUT2D eigenvalue weighted by Gasteiger charge is 2.35. The van der Waals surface area contributed by atoms with Crippen molar-refractivity contribution in [1.29, 1.82) is 0 Å². The molecule has 0 radical (unpaired) electrons. The van der Waals surface area contributed by atoms with Crippen molar-refractivity contribution in [2.24, 2.45) is 11.8 Å². The van der Waals surface area contributed by atoms with Crippen molar-refractivity contribution in [3.63, 3.8) is 0 Å². The Morgan fingerprint density at radius 1 is 1.15 bits per heavy atom. The number of urea groups is 1. The highest BCUT2D eigenvalue weighted by Crippen LogP contribution is 2.35. The summed E-state index contributed by atoms with van der Waals surface area (Å²) in [5.74, 6) is -1.12. The monoisotopic (exact) mass is 556 g/mol. The second-order valence-electron chi connectivity index (χ2n) is 10.5. The lowest BCUT2D eigenvalue weighted by atomic mass is 9.98. The number of aliphatic hydroxyl groups is 1. The topological polar surface area (TPSA) is 120 Å². The number of anilines is 2. The number of halogens is 1. The van der Waals surface area contributed by atoms with Crippen LogP contribution in [0.5, 0.6) is 5.75 Å². The van der Waals surface area contributed by atoms with Crippen molar-refractivity contribution >= 4 is 29.2 Å². The first kappa shape index (κ1) is 29.3. The Balaban J connectivity index is 1.61. The molecule has 3 atom stereocenters. The van der Waals surface area contributed by atoms with Gasteiger partial charge in [0.2, 0.25) is 5.91 Å². The molecule has 2 heterocycles. The average molecular weight is 557 g/mol. The summed E-state index contributed by atoms with van der Waals surface area (Å²) in [7, 11) is 1.62. The predicted molar refractivity (Wildman–Crippen MR) is 148 cm³/mol. The largest absolute Gasteiger partial charge is 0.485 e. The van der Waals surface area contributed by atoms with Gasteiger partial charge >= 0.3 is 6.03 Å². The summed E-state index contributed by atoms with van der Waals surface area (Å²) in [4.78, 5) is 42.7. The lowest BCUT2D eigenvalue weighted by molar-refractivity contribution is -0.122. The molecule has 2 aromatic carbocycles. The first-order chi connectivity index (χ1) is 19.2. The second-order valence-corrected chi connectivity index (χ2v) is 10.5. The van der Waals surface area contributed by atoms with Gasteiger partial charge in [-0.05, 0) is 56.2 Å². The maximum absolute atomic E-state index is 13.6. The van der Waals surface area contributed by atoms with E-state index in [-0.39, 0.29) is 54.7 Å². The first-order valence-corrected chi connectivity index (χ1v) is 13.6.